The number of ketones is 1. The highest BCUT2D eigenvalue weighted by Crippen LogP contribution is 2.33. The van der Waals surface area contributed by atoms with Gasteiger partial charge in [0.15, 0.2) is 5.78 Å². The number of amides is 2. The van der Waals surface area contributed by atoms with Crippen LogP contribution in [0.2, 0.25) is 0 Å². The van der Waals surface area contributed by atoms with Crippen LogP contribution < -0.4 is 16.0 Å². The average Bonchev–Trinajstić information content (AvgIpc) is 3.67. The van der Waals surface area contributed by atoms with Crippen molar-refractivity contribution in [3.05, 3.63) is 107 Å². The van der Waals surface area contributed by atoms with E-state index in [0.29, 0.717) is 45.9 Å². The first-order valence-corrected chi connectivity index (χ1v) is 12.8. The van der Waals surface area contributed by atoms with Crippen LogP contribution in [0.3, 0.4) is 0 Å². The molecule has 198 valence electrons. The van der Waals surface area contributed by atoms with Gasteiger partial charge in [-0.2, -0.15) is 10.2 Å². The maximum Gasteiger partial charge on any atom is 0.273 e. The number of fused-ring (bicyclic) bond motifs is 2. The molecule has 0 aliphatic carbocycles. The molecule has 10 nitrogen and oxygen atoms in total. The standard InChI is InChI=1S/C30H25N7O3/c1-3-37-27(12-17(2)36-37)30(40)33-21-8-4-18(5-9-21)28(38)19-7-11-23-24(29(39)34-26(23)13-19)16-31-22-10-6-20-15-32-35-25(20)14-22/h4-16,31H,3H2,1-2H3,(H,32,35)(H,33,40)(H,34,39). The molecule has 0 fully saturated rings. The molecule has 40 heavy (non-hydrogen) atoms. The van der Waals surface area contributed by atoms with E-state index >= 15 is 0 Å². The fourth-order valence-corrected chi connectivity index (χ4v) is 4.70. The minimum Gasteiger partial charge on any atom is -0.361 e. The van der Waals surface area contributed by atoms with E-state index in [9.17, 15) is 14.4 Å². The lowest BCUT2D eigenvalue weighted by molar-refractivity contribution is -0.110. The maximum atomic E-state index is 13.2. The van der Waals surface area contributed by atoms with E-state index < -0.39 is 0 Å². The van der Waals surface area contributed by atoms with Gasteiger partial charge >= 0.3 is 0 Å². The molecular formula is C30H25N7O3. The highest BCUT2D eigenvalue weighted by molar-refractivity contribution is 6.32. The normalized spacial score (nSPS) is 13.3. The van der Waals surface area contributed by atoms with Crippen molar-refractivity contribution in [1.82, 2.24) is 20.0 Å². The van der Waals surface area contributed by atoms with Crippen molar-refractivity contribution in [2.45, 2.75) is 20.4 Å². The van der Waals surface area contributed by atoms with Gasteiger partial charge in [-0.15, -0.1) is 0 Å². The third kappa shape index (κ3) is 4.62. The van der Waals surface area contributed by atoms with Crippen LogP contribution in [0.25, 0.3) is 16.5 Å². The van der Waals surface area contributed by atoms with Crippen molar-refractivity contribution in [2.75, 3.05) is 16.0 Å². The van der Waals surface area contributed by atoms with Crippen LogP contribution >= 0.6 is 0 Å². The zero-order chi connectivity index (χ0) is 27.8. The topological polar surface area (TPSA) is 134 Å². The molecule has 0 radical (unpaired) electrons. The van der Waals surface area contributed by atoms with Gasteiger partial charge in [-0.1, -0.05) is 12.1 Å². The van der Waals surface area contributed by atoms with Crippen LogP contribution in [-0.4, -0.2) is 37.6 Å². The maximum absolute atomic E-state index is 13.2. The predicted molar refractivity (Wildman–Crippen MR) is 153 cm³/mol. The average molecular weight is 532 g/mol. The Morgan fingerprint density at radius 3 is 2.55 bits per heavy atom. The molecule has 2 amide bonds. The van der Waals surface area contributed by atoms with Crippen LogP contribution in [0.1, 0.15) is 44.6 Å². The van der Waals surface area contributed by atoms with Gasteiger partial charge in [-0.05, 0) is 68.4 Å². The van der Waals surface area contributed by atoms with Crippen molar-refractivity contribution in [3.63, 3.8) is 0 Å². The van der Waals surface area contributed by atoms with Gasteiger partial charge in [-0.25, -0.2) is 0 Å². The molecule has 3 heterocycles. The van der Waals surface area contributed by atoms with Crippen molar-refractivity contribution in [2.24, 2.45) is 0 Å². The molecule has 4 N–H and O–H groups in total. The number of H-pyrrole nitrogens is 1. The molecule has 0 saturated carbocycles. The number of hydrogen-bond donors (Lipinski definition) is 4. The molecule has 1 aliphatic rings. The number of benzene rings is 3. The largest absolute Gasteiger partial charge is 0.361 e. The molecule has 5 aromatic rings. The summed E-state index contributed by atoms with van der Waals surface area (Å²) in [6.07, 6.45) is 3.40. The zero-order valence-electron chi connectivity index (χ0n) is 21.8. The third-order valence-electron chi connectivity index (χ3n) is 6.73. The number of carbonyl (C=O) groups is 3. The van der Waals surface area contributed by atoms with Gasteiger partial charge in [0.1, 0.15) is 5.69 Å². The Bertz CT molecular complexity index is 1830. The van der Waals surface area contributed by atoms with Gasteiger partial charge < -0.3 is 16.0 Å². The van der Waals surface area contributed by atoms with Crippen molar-refractivity contribution < 1.29 is 14.4 Å². The Labute approximate surface area is 229 Å². The minimum atomic E-state index is -0.268. The van der Waals surface area contributed by atoms with Crippen LogP contribution in [0.4, 0.5) is 17.1 Å². The third-order valence-corrected chi connectivity index (χ3v) is 6.73. The molecule has 0 bridgehead atoms. The van der Waals surface area contributed by atoms with Crippen molar-refractivity contribution in [3.8, 4) is 0 Å². The highest BCUT2D eigenvalue weighted by atomic mass is 16.2. The van der Waals surface area contributed by atoms with E-state index in [0.717, 1.165) is 22.3 Å². The summed E-state index contributed by atoms with van der Waals surface area (Å²) < 4.78 is 1.64. The number of carbonyl (C=O) groups excluding carboxylic acids is 3. The molecule has 0 atom stereocenters. The zero-order valence-corrected chi connectivity index (χ0v) is 21.8. The Hall–Kier alpha value is -5.51. The summed E-state index contributed by atoms with van der Waals surface area (Å²) in [4.78, 5) is 38.6. The fraction of sp³-hybridized carbons (Fsp3) is 0.100. The minimum absolute atomic E-state index is 0.196. The summed E-state index contributed by atoms with van der Waals surface area (Å²) in [6.45, 7) is 4.34. The Morgan fingerprint density at radius 2 is 1.75 bits per heavy atom. The van der Waals surface area contributed by atoms with Crippen molar-refractivity contribution in [1.29, 1.82) is 0 Å². The molecule has 0 spiro atoms. The number of aromatic nitrogens is 4. The first-order chi connectivity index (χ1) is 19.4. The van der Waals surface area contributed by atoms with Gasteiger partial charge in [0.25, 0.3) is 11.8 Å². The van der Waals surface area contributed by atoms with Crippen molar-refractivity contribution >= 4 is 51.1 Å². The van der Waals surface area contributed by atoms with Gasteiger partial charge in [0, 0.05) is 51.9 Å². The summed E-state index contributed by atoms with van der Waals surface area (Å²) in [5, 5.41) is 21.1. The van der Waals surface area contributed by atoms with Gasteiger partial charge in [0.05, 0.1) is 23.0 Å². The number of nitrogens with zero attached hydrogens (tertiary/aromatic N) is 3. The van der Waals surface area contributed by atoms with Gasteiger partial charge in [-0.3, -0.25) is 24.2 Å². The van der Waals surface area contributed by atoms with Crippen LogP contribution in [0.5, 0.6) is 0 Å². The first-order valence-electron chi connectivity index (χ1n) is 12.8. The second-order valence-corrected chi connectivity index (χ2v) is 9.44. The SMILES string of the molecule is CCn1nc(C)cc1C(=O)Nc1ccc(C(=O)c2ccc3c(c2)NC(=O)C3=CNc2ccc3cn[nH]c3c2)cc1. The van der Waals surface area contributed by atoms with Crippen LogP contribution in [0.15, 0.2) is 79.1 Å². The molecule has 6 rings (SSSR count). The quantitative estimate of drug-likeness (QED) is 0.173. The lowest BCUT2D eigenvalue weighted by Gasteiger charge is -2.08. The summed E-state index contributed by atoms with van der Waals surface area (Å²) in [5.41, 5.74) is 6.15. The highest BCUT2D eigenvalue weighted by Gasteiger charge is 2.25. The van der Waals surface area contributed by atoms with Crippen LogP contribution in [-0.2, 0) is 11.3 Å². The number of hydrogen-bond acceptors (Lipinski definition) is 6. The van der Waals surface area contributed by atoms with E-state index in [-0.39, 0.29) is 17.6 Å². The molecule has 0 saturated heterocycles. The Kier molecular flexibility index (Phi) is 6.19. The van der Waals surface area contributed by atoms with E-state index in [1.807, 2.05) is 32.0 Å². The summed E-state index contributed by atoms with van der Waals surface area (Å²) in [7, 11) is 0. The van der Waals surface area contributed by atoms with Gasteiger partial charge in [0.2, 0.25) is 0 Å². The molecule has 3 aromatic carbocycles. The summed E-state index contributed by atoms with van der Waals surface area (Å²) in [6, 6.07) is 19.3. The fourth-order valence-electron chi connectivity index (χ4n) is 4.70. The Morgan fingerprint density at radius 1 is 0.975 bits per heavy atom. The molecule has 2 aromatic heterocycles. The van der Waals surface area contributed by atoms with Crippen LogP contribution in [0, 0.1) is 6.92 Å². The van der Waals surface area contributed by atoms with E-state index in [4.69, 9.17) is 0 Å². The second-order valence-electron chi connectivity index (χ2n) is 9.44. The first kappa shape index (κ1) is 24.8. The van der Waals surface area contributed by atoms with E-state index in [1.165, 1.54) is 0 Å². The lowest BCUT2D eigenvalue weighted by Crippen LogP contribution is -2.17. The monoisotopic (exact) mass is 531 g/mol. The van der Waals surface area contributed by atoms with E-state index in [1.54, 1.807) is 65.6 Å². The number of aromatic amines is 1. The summed E-state index contributed by atoms with van der Waals surface area (Å²) in [5.74, 6) is -0.719. The van der Waals surface area contributed by atoms with E-state index in [2.05, 4.69) is 31.2 Å². The number of rotatable bonds is 7. The molecular weight excluding hydrogens is 506 g/mol. The number of anilines is 3. The lowest BCUT2D eigenvalue weighted by atomic mass is 9.99. The second kappa shape index (κ2) is 9.99. The predicted octanol–water partition coefficient (Wildman–Crippen LogP) is 4.98. The summed E-state index contributed by atoms with van der Waals surface area (Å²) >= 11 is 0. The number of nitrogens with one attached hydrogen (secondary N) is 4. The molecule has 10 heteroatoms. The molecule has 1 aliphatic heterocycles. The molecule has 0 unspecified atom stereocenters. The number of aryl methyl sites for hydroxylation is 2. The Balaban J connectivity index is 1.16. The smallest absolute Gasteiger partial charge is 0.273 e.